The van der Waals surface area contributed by atoms with Crippen LogP contribution in [0.4, 0.5) is 10.5 Å². The average molecular weight is 308 g/mol. The van der Waals surface area contributed by atoms with Crippen LogP contribution in [0.15, 0.2) is 24.3 Å². The fourth-order valence-electron chi connectivity index (χ4n) is 1.78. The van der Waals surface area contributed by atoms with Crippen molar-refractivity contribution in [3.05, 3.63) is 24.3 Å². The topological polar surface area (TPSA) is 61.8 Å². The number of ether oxygens (including phenoxy) is 1. The molecular weight excluding hydrogens is 280 g/mol. The number of aliphatic hydroxyl groups is 1. The Morgan fingerprint density at radius 2 is 2.05 bits per heavy atom. The summed E-state index contributed by atoms with van der Waals surface area (Å²) in [6.07, 6.45) is 1.15. The molecule has 22 heavy (non-hydrogen) atoms. The minimum atomic E-state index is -0.409. The van der Waals surface area contributed by atoms with Gasteiger partial charge in [0.25, 0.3) is 0 Å². The van der Waals surface area contributed by atoms with Crippen molar-refractivity contribution in [3.63, 3.8) is 0 Å². The van der Waals surface area contributed by atoms with Gasteiger partial charge in [-0.1, -0.05) is 19.9 Å². The standard InChI is InChI=1S/C17H28N2O3/c1-13(2)9-11-22-16-7-5-6-15(12-16)18-17(21)19(4)10-8-14(3)20/h5-7,12-14,20H,8-11H2,1-4H3,(H,18,21). The Hall–Kier alpha value is -1.75. The van der Waals surface area contributed by atoms with E-state index in [4.69, 9.17) is 4.74 Å². The first-order valence-corrected chi connectivity index (χ1v) is 7.81. The van der Waals surface area contributed by atoms with Crippen LogP contribution in [-0.2, 0) is 0 Å². The second-order valence-corrected chi connectivity index (χ2v) is 6.05. The number of carbonyl (C=O) groups is 1. The fourth-order valence-corrected chi connectivity index (χ4v) is 1.78. The summed E-state index contributed by atoms with van der Waals surface area (Å²) in [4.78, 5) is 13.6. The molecule has 0 aromatic heterocycles. The maximum atomic E-state index is 12.0. The van der Waals surface area contributed by atoms with Crippen LogP contribution in [0, 0.1) is 5.92 Å². The summed E-state index contributed by atoms with van der Waals surface area (Å²) < 4.78 is 5.68. The molecule has 5 heteroatoms. The predicted molar refractivity (Wildman–Crippen MR) is 89.3 cm³/mol. The zero-order valence-corrected chi connectivity index (χ0v) is 14.0. The van der Waals surface area contributed by atoms with E-state index in [1.807, 2.05) is 24.3 Å². The van der Waals surface area contributed by atoms with Gasteiger partial charge in [0.15, 0.2) is 0 Å². The number of aliphatic hydroxyl groups excluding tert-OH is 1. The molecule has 1 aromatic carbocycles. The number of nitrogens with one attached hydrogen (secondary N) is 1. The molecule has 0 saturated heterocycles. The monoisotopic (exact) mass is 308 g/mol. The summed E-state index contributed by atoms with van der Waals surface area (Å²) in [6, 6.07) is 7.19. The van der Waals surface area contributed by atoms with Gasteiger partial charge in [0.2, 0.25) is 0 Å². The van der Waals surface area contributed by atoms with Crippen molar-refractivity contribution >= 4 is 11.7 Å². The number of hydrogen-bond acceptors (Lipinski definition) is 3. The highest BCUT2D eigenvalue weighted by Crippen LogP contribution is 2.18. The second-order valence-electron chi connectivity index (χ2n) is 6.05. The van der Waals surface area contributed by atoms with E-state index in [0.717, 1.165) is 12.2 Å². The lowest BCUT2D eigenvalue weighted by molar-refractivity contribution is 0.167. The van der Waals surface area contributed by atoms with Crippen LogP contribution in [0.2, 0.25) is 0 Å². The number of carbonyl (C=O) groups excluding carboxylic acids is 1. The minimum Gasteiger partial charge on any atom is -0.494 e. The highest BCUT2D eigenvalue weighted by molar-refractivity contribution is 5.89. The van der Waals surface area contributed by atoms with E-state index in [1.165, 1.54) is 0 Å². The predicted octanol–water partition coefficient (Wildman–Crippen LogP) is 3.35. The molecule has 0 spiro atoms. The molecular formula is C17H28N2O3. The summed E-state index contributed by atoms with van der Waals surface area (Å²) in [5, 5.41) is 12.1. The number of urea groups is 1. The summed E-state index contributed by atoms with van der Waals surface area (Å²) in [6.45, 7) is 7.20. The lowest BCUT2D eigenvalue weighted by Gasteiger charge is -2.19. The lowest BCUT2D eigenvalue weighted by Crippen LogP contribution is -2.33. The third-order valence-electron chi connectivity index (χ3n) is 3.28. The number of anilines is 1. The van der Waals surface area contributed by atoms with Crippen LogP contribution in [0.3, 0.4) is 0 Å². The Morgan fingerprint density at radius 1 is 1.32 bits per heavy atom. The molecule has 2 amide bonds. The first kappa shape index (κ1) is 18.3. The SMILES string of the molecule is CC(C)CCOc1cccc(NC(=O)N(C)CCC(C)O)c1. The van der Waals surface area contributed by atoms with Gasteiger partial charge in [-0.25, -0.2) is 4.79 Å². The lowest BCUT2D eigenvalue weighted by atomic mass is 10.1. The van der Waals surface area contributed by atoms with Gasteiger partial charge in [-0.2, -0.15) is 0 Å². The number of rotatable bonds is 8. The normalized spacial score (nSPS) is 12.1. The summed E-state index contributed by atoms with van der Waals surface area (Å²) >= 11 is 0. The Balaban J connectivity index is 2.49. The number of nitrogens with zero attached hydrogens (tertiary/aromatic N) is 1. The van der Waals surface area contributed by atoms with Crippen molar-refractivity contribution in [2.45, 2.75) is 39.7 Å². The van der Waals surface area contributed by atoms with Gasteiger partial charge in [-0.05, 0) is 37.8 Å². The molecule has 0 heterocycles. The molecule has 0 aliphatic carbocycles. The molecule has 2 N–H and O–H groups in total. The van der Waals surface area contributed by atoms with Gasteiger partial charge in [0.1, 0.15) is 5.75 Å². The van der Waals surface area contributed by atoms with Gasteiger partial charge in [0, 0.05) is 25.3 Å². The molecule has 1 aromatic rings. The molecule has 0 radical (unpaired) electrons. The van der Waals surface area contributed by atoms with E-state index < -0.39 is 6.10 Å². The van der Waals surface area contributed by atoms with Crippen LogP contribution in [0.25, 0.3) is 0 Å². The van der Waals surface area contributed by atoms with Gasteiger partial charge in [-0.3, -0.25) is 0 Å². The average Bonchev–Trinajstić information content (AvgIpc) is 2.44. The van der Waals surface area contributed by atoms with Crippen LogP contribution >= 0.6 is 0 Å². The van der Waals surface area contributed by atoms with Gasteiger partial charge >= 0.3 is 6.03 Å². The van der Waals surface area contributed by atoms with Crippen molar-refractivity contribution < 1.29 is 14.6 Å². The van der Waals surface area contributed by atoms with E-state index in [2.05, 4.69) is 19.2 Å². The van der Waals surface area contributed by atoms with Crippen LogP contribution in [0.5, 0.6) is 5.75 Å². The fraction of sp³-hybridized carbons (Fsp3) is 0.588. The van der Waals surface area contributed by atoms with Crippen molar-refractivity contribution in [3.8, 4) is 5.75 Å². The number of amides is 2. The summed E-state index contributed by atoms with van der Waals surface area (Å²) in [7, 11) is 1.71. The summed E-state index contributed by atoms with van der Waals surface area (Å²) in [5.41, 5.74) is 0.705. The highest BCUT2D eigenvalue weighted by Gasteiger charge is 2.10. The smallest absolute Gasteiger partial charge is 0.321 e. The molecule has 1 unspecified atom stereocenters. The maximum absolute atomic E-state index is 12.0. The first-order valence-electron chi connectivity index (χ1n) is 7.81. The zero-order valence-electron chi connectivity index (χ0n) is 14.0. The van der Waals surface area contributed by atoms with Crippen molar-refractivity contribution in [1.29, 1.82) is 0 Å². The summed E-state index contributed by atoms with van der Waals surface area (Å²) in [5.74, 6) is 1.36. The van der Waals surface area contributed by atoms with E-state index in [1.54, 1.807) is 18.9 Å². The van der Waals surface area contributed by atoms with E-state index in [9.17, 15) is 9.90 Å². The maximum Gasteiger partial charge on any atom is 0.321 e. The van der Waals surface area contributed by atoms with Crippen LogP contribution < -0.4 is 10.1 Å². The third kappa shape index (κ3) is 7.31. The van der Waals surface area contributed by atoms with Crippen LogP contribution in [-0.4, -0.2) is 42.3 Å². The largest absolute Gasteiger partial charge is 0.494 e. The van der Waals surface area contributed by atoms with Crippen LogP contribution in [0.1, 0.15) is 33.6 Å². The molecule has 124 valence electrons. The molecule has 5 nitrogen and oxygen atoms in total. The van der Waals surface area contributed by atoms with E-state index in [-0.39, 0.29) is 6.03 Å². The number of benzene rings is 1. The third-order valence-corrected chi connectivity index (χ3v) is 3.28. The zero-order chi connectivity index (χ0) is 16.5. The number of hydrogen-bond donors (Lipinski definition) is 2. The molecule has 0 fully saturated rings. The quantitative estimate of drug-likeness (QED) is 0.774. The van der Waals surface area contributed by atoms with Crippen molar-refractivity contribution in [1.82, 2.24) is 4.90 Å². The van der Waals surface area contributed by atoms with Gasteiger partial charge in [0.05, 0.1) is 12.7 Å². The molecule has 0 aliphatic heterocycles. The van der Waals surface area contributed by atoms with Crippen molar-refractivity contribution in [2.24, 2.45) is 5.92 Å². The molecule has 0 saturated carbocycles. The van der Waals surface area contributed by atoms with Gasteiger partial charge < -0.3 is 20.1 Å². The highest BCUT2D eigenvalue weighted by atomic mass is 16.5. The van der Waals surface area contributed by atoms with E-state index in [0.29, 0.717) is 31.2 Å². The molecule has 1 atom stereocenters. The van der Waals surface area contributed by atoms with E-state index >= 15 is 0 Å². The Bertz CT molecular complexity index is 461. The molecule has 0 aliphatic rings. The minimum absolute atomic E-state index is 0.194. The Morgan fingerprint density at radius 3 is 2.68 bits per heavy atom. The van der Waals surface area contributed by atoms with Crippen molar-refractivity contribution in [2.75, 3.05) is 25.5 Å². The Kier molecular flexibility index (Phi) is 7.74. The first-order chi connectivity index (χ1) is 10.4. The molecule has 1 rings (SSSR count). The Labute approximate surface area is 133 Å². The second kappa shape index (κ2) is 9.30. The van der Waals surface area contributed by atoms with Gasteiger partial charge in [-0.15, -0.1) is 0 Å². The molecule has 0 bridgehead atoms.